The molecule has 6 heteroatoms. The van der Waals surface area contributed by atoms with Crippen LogP contribution in [0.1, 0.15) is 15.9 Å². The SMILES string of the molecule is O=C(NCc1cc(F)ccc1Br)c1cncc(O)c1. The Morgan fingerprint density at radius 3 is 2.89 bits per heavy atom. The van der Waals surface area contributed by atoms with E-state index in [1.165, 1.54) is 30.6 Å². The van der Waals surface area contributed by atoms with Gasteiger partial charge >= 0.3 is 0 Å². The van der Waals surface area contributed by atoms with Crippen LogP contribution in [0.15, 0.2) is 41.1 Å². The van der Waals surface area contributed by atoms with E-state index in [9.17, 15) is 14.3 Å². The van der Waals surface area contributed by atoms with Crippen molar-refractivity contribution in [3.05, 3.63) is 58.1 Å². The van der Waals surface area contributed by atoms with Crippen LogP contribution in [0.25, 0.3) is 0 Å². The van der Waals surface area contributed by atoms with Crippen LogP contribution < -0.4 is 5.32 Å². The Bertz CT molecular complexity index is 619. The van der Waals surface area contributed by atoms with E-state index >= 15 is 0 Å². The molecule has 0 spiro atoms. The highest BCUT2D eigenvalue weighted by Crippen LogP contribution is 2.17. The van der Waals surface area contributed by atoms with Gasteiger partial charge in [-0.15, -0.1) is 0 Å². The first-order valence-corrected chi connectivity index (χ1v) is 6.21. The van der Waals surface area contributed by atoms with E-state index in [-0.39, 0.29) is 29.6 Å². The van der Waals surface area contributed by atoms with Gasteiger partial charge in [0.25, 0.3) is 5.91 Å². The first kappa shape index (κ1) is 13.5. The molecule has 2 N–H and O–H groups in total. The summed E-state index contributed by atoms with van der Waals surface area (Å²) in [5, 5.41) is 11.9. The van der Waals surface area contributed by atoms with Crippen LogP contribution in [0.5, 0.6) is 5.75 Å². The topological polar surface area (TPSA) is 62.2 Å². The predicted octanol–water partition coefficient (Wildman–Crippen LogP) is 2.62. The van der Waals surface area contributed by atoms with Crippen molar-refractivity contribution >= 4 is 21.8 Å². The summed E-state index contributed by atoms with van der Waals surface area (Å²) in [6, 6.07) is 5.55. The number of aromatic hydroxyl groups is 1. The molecule has 1 amide bonds. The molecule has 2 rings (SSSR count). The summed E-state index contributed by atoms with van der Waals surface area (Å²) in [6.45, 7) is 0.173. The number of nitrogens with one attached hydrogen (secondary N) is 1. The minimum atomic E-state index is -0.389. The van der Waals surface area contributed by atoms with Crippen molar-refractivity contribution in [1.82, 2.24) is 10.3 Å². The molecular formula is C13H10BrFN2O2. The highest BCUT2D eigenvalue weighted by molar-refractivity contribution is 9.10. The lowest BCUT2D eigenvalue weighted by Gasteiger charge is -2.07. The van der Waals surface area contributed by atoms with E-state index in [1.54, 1.807) is 6.07 Å². The second kappa shape index (κ2) is 5.79. The van der Waals surface area contributed by atoms with Gasteiger partial charge in [-0.25, -0.2) is 4.39 Å². The summed E-state index contributed by atoms with van der Waals surface area (Å²) < 4.78 is 13.8. The number of benzene rings is 1. The van der Waals surface area contributed by atoms with E-state index in [0.29, 0.717) is 10.0 Å². The Morgan fingerprint density at radius 2 is 2.16 bits per heavy atom. The number of amides is 1. The number of aromatic nitrogens is 1. The maximum atomic E-state index is 13.1. The Kier molecular flexibility index (Phi) is 4.11. The zero-order chi connectivity index (χ0) is 13.8. The Labute approximate surface area is 117 Å². The van der Waals surface area contributed by atoms with Gasteiger partial charge in [0, 0.05) is 17.2 Å². The summed E-state index contributed by atoms with van der Waals surface area (Å²) >= 11 is 3.28. The standard InChI is InChI=1S/C13H10BrFN2O2/c14-12-2-1-10(15)3-8(12)6-17-13(19)9-4-11(18)7-16-5-9/h1-5,7,18H,6H2,(H,17,19). The first-order valence-electron chi connectivity index (χ1n) is 5.42. The molecule has 0 saturated heterocycles. The van der Waals surface area contributed by atoms with Gasteiger partial charge in [-0.1, -0.05) is 15.9 Å². The van der Waals surface area contributed by atoms with Gasteiger partial charge in [-0.05, 0) is 29.8 Å². The van der Waals surface area contributed by atoms with Crippen LogP contribution in [-0.2, 0) is 6.54 Å². The Balaban J connectivity index is 2.06. The number of nitrogens with zero attached hydrogens (tertiary/aromatic N) is 1. The van der Waals surface area contributed by atoms with Crippen LogP contribution in [0.3, 0.4) is 0 Å². The predicted molar refractivity (Wildman–Crippen MR) is 71.2 cm³/mol. The number of halogens is 2. The molecule has 1 aromatic carbocycles. The molecule has 1 aromatic heterocycles. The van der Waals surface area contributed by atoms with E-state index in [0.717, 1.165) is 0 Å². The maximum Gasteiger partial charge on any atom is 0.253 e. The molecule has 0 bridgehead atoms. The number of carbonyl (C=O) groups excluding carboxylic acids is 1. The minimum absolute atomic E-state index is 0.0837. The van der Waals surface area contributed by atoms with Gasteiger partial charge in [0.05, 0.1) is 11.8 Å². The van der Waals surface area contributed by atoms with Gasteiger partial charge in [-0.2, -0.15) is 0 Å². The highest BCUT2D eigenvalue weighted by atomic mass is 79.9. The van der Waals surface area contributed by atoms with Gasteiger partial charge in [-0.3, -0.25) is 9.78 Å². The van der Waals surface area contributed by atoms with Gasteiger partial charge in [0.15, 0.2) is 0 Å². The molecule has 0 fully saturated rings. The lowest BCUT2D eigenvalue weighted by molar-refractivity contribution is 0.0950. The molecule has 98 valence electrons. The van der Waals surface area contributed by atoms with Crippen LogP contribution >= 0.6 is 15.9 Å². The zero-order valence-electron chi connectivity index (χ0n) is 9.73. The second-order valence-corrected chi connectivity index (χ2v) is 4.70. The molecule has 19 heavy (non-hydrogen) atoms. The first-order chi connectivity index (χ1) is 9.06. The number of hydrogen-bond donors (Lipinski definition) is 2. The summed E-state index contributed by atoms with van der Waals surface area (Å²) in [5.74, 6) is -0.842. The molecule has 1 heterocycles. The van der Waals surface area contributed by atoms with E-state index in [2.05, 4.69) is 26.2 Å². The number of carbonyl (C=O) groups is 1. The molecule has 0 aliphatic carbocycles. The second-order valence-electron chi connectivity index (χ2n) is 3.85. The highest BCUT2D eigenvalue weighted by Gasteiger charge is 2.08. The summed E-state index contributed by atoms with van der Waals surface area (Å²) in [5.41, 5.74) is 0.869. The van der Waals surface area contributed by atoms with Crippen molar-refractivity contribution < 1.29 is 14.3 Å². The molecule has 0 aliphatic rings. The molecule has 0 saturated carbocycles. The quantitative estimate of drug-likeness (QED) is 0.912. The smallest absolute Gasteiger partial charge is 0.253 e. The normalized spacial score (nSPS) is 10.2. The van der Waals surface area contributed by atoms with Crippen molar-refractivity contribution in [2.24, 2.45) is 0 Å². The fourth-order valence-corrected chi connectivity index (χ4v) is 1.90. The molecule has 0 atom stereocenters. The van der Waals surface area contributed by atoms with Crippen LogP contribution in [0, 0.1) is 5.82 Å². The lowest BCUT2D eigenvalue weighted by atomic mass is 10.2. The summed E-state index contributed by atoms with van der Waals surface area (Å²) in [7, 11) is 0. The number of pyridine rings is 1. The van der Waals surface area contributed by atoms with E-state index < -0.39 is 0 Å². The maximum absolute atomic E-state index is 13.1. The monoisotopic (exact) mass is 324 g/mol. The van der Waals surface area contributed by atoms with E-state index in [4.69, 9.17) is 0 Å². The fourth-order valence-electron chi connectivity index (χ4n) is 1.51. The summed E-state index contributed by atoms with van der Waals surface area (Å²) in [6.07, 6.45) is 2.58. The van der Waals surface area contributed by atoms with Crippen LogP contribution in [0.2, 0.25) is 0 Å². The fraction of sp³-hybridized carbons (Fsp3) is 0.0769. The van der Waals surface area contributed by atoms with Crippen molar-refractivity contribution in [3.8, 4) is 5.75 Å². The minimum Gasteiger partial charge on any atom is -0.506 e. The van der Waals surface area contributed by atoms with Crippen molar-refractivity contribution in [2.45, 2.75) is 6.54 Å². The number of rotatable bonds is 3. The third-order valence-electron chi connectivity index (χ3n) is 2.43. The van der Waals surface area contributed by atoms with Gasteiger partial charge in [0.1, 0.15) is 11.6 Å². The average molecular weight is 325 g/mol. The van der Waals surface area contributed by atoms with Crippen molar-refractivity contribution in [3.63, 3.8) is 0 Å². The van der Waals surface area contributed by atoms with Crippen LogP contribution in [-0.4, -0.2) is 16.0 Å². The summed E-state index contributed by atoms with van der Waals surface area (Å²) in [4.78, 5) is 15.5. The average Bonchev–Trinajstić information content (AvgIpc) is 2.39. The molecular weight excluding hydrogens is 315 g/mol. The molecule has 4 nitrogen and oxygen atoms in total. The molecule has 0 unspecified atom stereocenters. The van der Waals surface area contributed by atoms with Gasteiger partial charge in [0.2, 0.25) is 0 Å². The third kappa shape index (κ3) is 3.51. The third-order valence-corrected chi connectivity index (χ3v) is 3.21. The Morgan fingerprint density at radius 1 is 1.37 bits per heavy atom. The van der Waals surface area contributed by atoms with Crippen LogP contribution in [0.4, 0.5) is 4.39 Å². The number of hydrogen-bond acceptors (Lipinski definition) is 3. The molecule has 2 aromatic rings. The van der Waals surface area contributed by atoms with Crippen molar-refractivity contribution in [1.29, 1.82) is 0 Å². The van der Waals surface area contributed by atoms with E-state index in [1.807, 2.05) is 0 Å². The molecule has 0 aliphatic heterocycles. The lowest BCUT2D eigenvalue weighted by Crippen LogP contribution is -2.23. The zero-order valence-corrected chi connectivity index (χ0v) is 11.3. The largest absolute Gasteiger partial charge is 0.506 e. The molecule has 0 radical (unpaired) electrons. The Hall–Kier alpha value is -1.95. The van der Waals surface area contributed by atoms with Crippen molar-refractivity contribution in [2.75, 3.05) is 0 Å². The van der Waals surface area contributed by atoms with Gasteiger partial charge < -0.3 is 10.4 Å².